The van der Waals surface area contributed by atoms with Crippen molar-refractivity contribution in [2.45, 2.75) is 18.2 Å². The van der Waals surface area contributed by atoms with Crippen LogP contribution >= 0.6 is 11.8 Å². The summed E-state index contributed by atoms with van der Waals surface area (Å²) in [5.41, 5.74) is 0. The molecule has 0 bridgehead atoms. The van der Waals surface area contributed by atoms with Crippen molar-refractivity contribution in [3.8, 4) is 0 Å². The molecule has 0 spiro atoms. The first-order chi connectivity index (χ1) is 5.65. The number of carbonyl (C=O) groups excluding carboxylic acids is 1. The van der Waals surface area contributed by atoms with Gasteiger partial charge in [0.15, 0.2) is 0 Å². The van der Waals surface area contributed by atoms with Gasteiger partial charge < -0.3 is 10.4 Å². The van der Waals surface area contributed by atoms with E-state index in [1.807, 2.05) is 13.2 Å². The minimum Gasteiger partial charge on any atom is -0.395 e. The minimum atomic E-state index is -0.199. The van der Waals surface area contributed by atoms with Crippen LogP contribution in [0.4, 0.5) is 0 Å². The van der Waals surface area contributed by atoms with Crippen LogP contribution < -0.4 is 5.32 Å². The van der Waals surface area contributed by atoms with Crippen molar-refractivity contribution in [2.24, 2.45) is 0 Å². The molecule has 3 nitrogen and oxygen atoms in total. The molecule has 1 amide bonds. The Morgan fingerprint density at radius 2 is 2.42 bits per heavy atom. The van der Waals surface area contributed by atoms with Crippen LogP contribution in [-0.2, 0) is 4.79 Å². The molecule has 70 valence electrons. The van der Waals surface area contributed by atoms with Gasteiger partial charge in [0, 0.05) is 11.3 Å². The molecule has 4 heteroatoms. The van der Waals surface area contributed by atoms with Gasteiger partial charge >= 0.3 is 0 Å². The number of aliphatic hydroxyl groups excluding tert-OH is 1. The third kappa shape index (κ3) is 3.78. The molecule has 0 aliphatic carbocycles. The Hall–Kier alpha value is -0.480. The van der Waals surface area contributed by atoms with Crippen LogP contribution in [0.3, 0.4) is 0 Å². The van der Waals surface area contributed by atoms with E-state index >= 15 is 0 Å². The second-order valence-corrected chi connectivity index (χ2v) is 3.54. The molecule has 0 heterocycles. The number of carbonyl (C=O) groups is 1. The molecule has 0 saturated heterocycles. The Kier molecular flexibility index (Phi) is 5.84. The summed E-state index contributed by atoms with van der Waals surface area (Å²) >= 11 is 1.53. The Bertz CT molecular complexity index is 157. The molecule has 2 N–H and O–H groups in total. The zero-order valence-electron chi connectivity index (χ0n) is 7.41. The number of hydrogen-bond acceptors (Lipinski definition) is 3. The van der Waals surface area contributed by atoms with Gasteiger partial charge in [-0.15, -0.1) is 0 Å². The van der Waals surface area contributed by atoms with E-state index in [1.165, 1.54) is 17.8 Å². The Balaban J connectivity index is 3.91. The monoisotopic (exact) mass is 189 g/mol. The van der Waals surface area contributed by atoms with E-state index in [-0.39, 0.29) is 23.8 Å². The van der Waals surface area contributed by atoms with Crippen molar-refractivity contribution >= 4 is 17.7 Å². The number of nitrogens with one attached hydrogen (secondary N) is 1. The van der Waals surface area contributed by atoms with Crippen molar-refractivity contribution in [3.63, 3.8) is 0 Å². The smallest absolute Gasteiger partial charge is 0.243 e. The molecule has 0 saturated carbocycles. The predicted molar refractivity (Wildman–Crippen MR) is 52.2 cm³/mol. The molecule has 0 aliphatic rings. The van der Waals surface area contributed by atoms with Crippen LogP contribution in [0, 0.1) is 0 Å². The molecule has 0 fully saturated rings. The normalized spacial score (nSPS) is 14.9. The molecule has 0 rings (SSSR count). The third-order valence-electron chi connectivity index (χ3n) is 1.60. The number of amides is 1. The topological polar surface area (TPSA) is 49.3 Å². The lowest BCUT2D eigenvalue weighted by molar-refractivity contribution is -0.117. The van der Waals surface area contributed by atoms with E-state index in [0.717, 1.165) is 0 Å². The third-order valence-corrected chi connectivity index (χ3v) is 2.76. The first kappa shape index (κ1) is 11.5. The summed E-state index contributed by atoms with van der Waals surface area (Å²) in [4.78, 5) is 10.8. The molecule has 2 unspecified atom stereocenters. The lowest BCUT2D eigenvalue weighted by atomic mass is 10.2. The van der Waals surface area contributed by atoms with E-state index in [9.17, 15) is 4.79 Å². The van der Waals surface area contributed by atoms with Gasteiger partial charge in [-0.2, -0.15) is 11.8 Å². The van der Waals surface area contributed by atoms with Gasteiger partial charge in [0.25, 0.3) is 0 Å². The second kappa shape index (κ2) is 6.08. The Morgan fingerprint density at radius 1 is 1.83 bits per heavy atom. The van der Waals surface area contributed by atoms with E-state index in [4.69, 9.17) is 5.11 Å². The molecular formula is C8H15NO2S. The van der Waals surface area contributed by atoms with E-state index < -0.39 is 0 Å². The van der Waals surface area contributed by atoms with Crippen LogP contribution in [0.1, 0.15) is 6.92 Å². The first-order valence-corrected chi connectivity index (χ1v) is 5.01. The fraction of sp³-hybridized carbons (Fsp3) is 0.625. The summed E-state index contributed by atoms with van der Waals surface area (Å²) in [5, 5.41) is 11.6. The maximum atomic E-state index is 10.8. The standard InChI is InChI=1S/C8H15NO2S/c1-4-8(11)9-6(2)7(5-10)12-3/h4,6-7,10H,1,5H2,2-3H3,(H,9,11). The predicted octanol–water partition coefficient (Wildman–Crippen LogP) is 0.401. The van der Waals surface area contributed by atoms with Crippen LogP contribution in [0.5, 0.6) is 0 Å². The highest BCUT2D eigenvalue weighted by Crippen LogP contribution is 2.09. The second-order valence-electron chi connectivity index (χ2n) is 2.46. The van der Waals surface area contributed by atoms with E-state index in [1.54, 1.807) is 0 Å². The quantitative estimate of drug-likeness (QED) is 0.616. The van der Waals surface area contributed by atoms with Gasteiger partial charge in [0.2, 0.25) is 5.91 Å². The SMILES string of the molecule is C=CC(=O)NC(C)C(CO)SC. The number of thioether (sulfide) groups is 1. The van der Waals surface area contributed by atoms with Crippen LogP contribution in [0.2, 0.25) is 0 Å². The van der Waals surface area contributed by atoms with Crippen molar-refractivity contribution < 1.29 is 9.90 Å². The summed E-state index contributed by atoms with van der Waals surface area (Å²) in [6, 6.07) is -0.0319. The molecule has 2 atom stereocenters. The fourth-order valence-corrected chi connectivity index (χ4v) is 1.44. The maximum Gasteiger partial charge on any atom is 0.243 e. The summed E-state index contributed by atoms with van der Waals surface area (Å²) in [6.07, 6.45) is 3.13. The Labute approximate surface area is 77.2 Å². The summed E-state index contributed by atoms with van der Waals surface area (Å²) < 4.78 is 0. The number of rotatable bonds is 5. The number of aliphatic hydroxyl groups is 1. The average molecular weight is 189 g/mol. The number of hydrogen-bond donors (Lipinski definition) is 2. The molecular weight excluding hydrogens is 174 g/mol. The van der Waals surface area contributed by atoms with Crippen molar-refractivity contribution in [3.05, 3.63) is 12.7 Å². The molecule has 0 aromatic rings. The van der Waals surface area contributed by atoms with Crippen molar-refractivity contribution in [1.29, 1.82) is 0 Å². The zero-order valence-corrected chi connectivity index (χ0v) is 8.23. The molecule has 0 radical (unpaired) electrons. The molecule has 0 aliphatic heterocycles. The van der Waals surface area contributed by atoms with Gasteiger partial charge in [-0.05, 0) is 19.3 Å². The van der Waals surface area contributed by atoms with Gasteiger partial charge in [-0.1, -0.05) is 6.58 Å². The summed E-state index contributed by atoms with van der Waals surface area (Å²) in [6.45, 7) is 5.27. The lowest BCUT2D eigenvalue weighted by Gasteiger charge is -2.20. The van der Waals surface area contributed by atoms with Gasteiger partial charge in [-0.3, -0.25) is 4.79 Å². The average Bonchev–Trinajstić information content (AvgIpc) is 2.06. The highest BCUT2D eigenvalue weighted by atomic mass is 32.2. The highest BCUT2D eigenvalue weighted by molar-refractivity contribution is 7.99. The summed E-state index contributed by atoms with van der Waals surface area (Å²) in [7, 11) is 0. The maximum absolute atomic E-state index is 10.8. The summed E-state index contributed by atoms with van der Waals surface area (Å²) in [5.74, 6) is -0.199. The fourth-order valence-electron chi connectivity index (χ4n) is 0.813. The van der Waals surface area contributed by atoms with E-state index in [2.05, 4.69) is 11.9 Å². The van der Waals surface area contributed by atoms with Gasteiger partial charge in [-0.25, -0.2) is 0 Å². The molecule has 0 aromatic carbocycles. The zero-order chi connectivity index (χ0) is 9.56. The van der Waals surface area contributed by atoms with Crippen LogP contribution in [0.25, 0.3) is 0 Å². The minimum absolute atomic E-state index is 0.0319. The highest BCUT2D eigenvalue weighted by Gasteiger charge is 2.15. The van der Waals surface area contributed by atoms with Crippen LogP contribution in [-0.4, -0.2) is 35.2 Å². The largest absolute Gasteiger partial charge is 0.395 e. The molecule has 12 heavy (non-hydrogen) atoms. The van der Waals surface area contributed by atoms with Crippen LogP contribution in [0.15, 0.2) is 12.7 Å². The lowest BCUT2D eigenvalue weighted by Crippen LogP contribution is -2.40. The van der Waals surface area contributed by atoms with Crippen molar-refractivity contribution in [1.82, 2.24) is 5.32 Å². The van der Waals surface area contributed by atoms with E-state index in [0.29, 0.717) is 0 Å². The van der Waals surface area contributed by atoms with Gasteiger partial charge in [0.05, 0.1) is 6.61 Å². The first-order valence-electron chi connectivity index (χ1n) is 3.72. The molecule has 0 aromatic heterocycles. The Morgan fingerprint density at radius 3 is 2.75 bits per heavy atom. The van der Waals surface area contributed by atoms with Gasteiger partial charge in [0.1, 0.15) is 0 Å². The van der Waals surface area contributed by atoms with Crippen molar-refractivity contribution in [2.75, 3.05) is 12.9 Å².